The van der Waals surface area contributed by atoms with Crippen molar-refractivity contribution in [2.75, 3.05) is 5.32 Å². The maximum absolute atomic E-state index is 6.19. The zero-order valence-corrected chi connectivity index (χ0v) is 16.4. The quantitative estimate of drug-likeness (QED) is 0.535. The molecular weight excluding hydrogens is 416 g/mol. The highest BCUT2D eigenvalue weighted by Crippen LogP contribution is 2.40. The first-order valence-corrected chi connectivity index (χ1v) is 10.1. The van der Waals surface area contributed by atoms with Crippen molar-refractivity contribution in [3.05, 3.63) is 37.2 Å². The minimum Gasteiger partial charge on any atom is -0.377 e. The molecule has 3 aromatic rings. The van der Waals surface area contributed by atoms with E-state index in [1.165, 1.54) is 4.88 Å². The smallest absolute Gasteiger partial charge is 0.131 e. The molecule has 0 saturated carbocycles. The number of thiazole rings is 1. The molecule has 0 bridgehead atoms. The minimum atomic E-state index is 0.154. The predicted octanol–water partition coefficient (Wildman–Crippen LogP) is 5.06. The van der Waals surface area contributed by atoms with Gasteiger partial charge in [0.05, 0.1) is 26.9 Å². The molecule has 3 N–H and O–H groups in total. The summed E-state index contributed by atoms with van der Waals surface area (Å²) >= 11 is 13.2. The second-order valence-corrected chi connectivity index (χ2v) is 8.43. The van der Waals surface area contributed by atoms with Crippen LogP contribution in [0.15, 0.2) is 22.1 Å². The third-order valence-corrected chi connectivity index (χ3v) is 6.83. The second kappa shape index (κ2) is 7.44. The van der Waals surface area contributed by atoms with Crippen molar-refractivity contribution in [1.29, 1.82) is 0 Å². The van der Waals surface area contributed by atoms with E-state index < -0.39 is 0 Å². The summed E-state index contributed by atoms with van der Waals surface area (Å²) in [6.07, 6.45) is 3.59. The lowest BCUT2D eigenvalue weighted by molar-refractivity contribution is 0.651. The molecule has 23 heavy (non-hydrogen) atoms. The van der Waals surface area contributed by atoms with Gasteiger partial charge in [-0.05, 0) is 28.8 Å². The fraction of sp³-hybridized carbons (Fsp3) is 0.333. The third-order valence-electron chi connectivity index (χ3n) is 3.51. The highest BCUT2D eigenvalue weighted by Gasteiger charge is 2.17. The van der Waals surface area contributed by atoms with Crippen molar-refractivity contribution >= 4 is 66.1 Å². The van der Waals surface area contributed by atoms with E-state index in [1.54, 1.807) is 22.7 Å². The summed E-state index contributed by atoms with van der Waals surface area (Å²) in [4.78, 5) is 9.97. The van der Waals surface area contributed by atoms with Crippen LogP contribution in [0.2, 0.25) is 5.15 Å². The van der Waals surface area contributed by atoms with E-state index in [4.69, 9.17) is 17.3 Å². The van der Waals surface area contributed by atoms with Crippen LogP contribution in [-0.2, 0) is 13.0 Å². The second-order valence-electron chi connectivity index (χ2n) is 5.16. The van der Waals surface area contributed by atoms with Crippen LogP contribution >= 0.6 is 50.2 Å². The molecule has 3 aromatic heterocycles. The van der Waals surface area contributed by atoms with E-state index in [-0.39, 0.29) is 6.04 Å². The number of nitrogens with two attached hydrogens (primary N) is 1. The van der Waals surface area contributed by atoms with Crippen LogP contribution in [0.1, 0.15) is 23.2 Å². The Labute approximate surface area is 156 Å². The predicted molar refractivity (Wildman–Crippen MR) is 104 cm³/mol. The fourth-order valence-corrected chi connectivity index (χ4v) is 5.00. The zero-order valence-electron chi connectivity index (χ0n) is 12.5. The van der Waals surface area contributed by atoms with Gasteiger partial charge in [0, 0.05) is 28.6 Å². The van der Waals surface area contributed by atoms with Crippen molar-refractivity contribution in [3.8, 4) is 0 Å². The van der Waals surface area contributed by atoms with E-state index in [0.717, 1.165) is 38.2 Å². The maximum atomic E-state index is 6.19. The Morgan fingerprint density at radius 2 is 2.30 bits per heavy atom. The van der Waals surface area contributed by atoms with Gasteiger partial charge in [-0.3, -0.25) is 0 Å². The van der Waals surface area contributed by atoms with Gasteiger partial charge in [0.15, 0.2) is 0 Å². The van der Waals surface area contributed by atoms with Crippen LogP contribution in [0.3, 0.4) is 0 Å². The minimum absolute atomic E-state index is 0.154. The number of thiophene rings is 1. The van der Waals surface area contributed by atoms with E-state index in [1.807, 2.05) is 17.6 Å². The molecule has 3 rings (SSSR count). The molecule has 0 spiro atoms. The van der Waals surface area contributed by atoms with Crippen LogP contribution in [-0.4, -0.2) is 16.0 Å². The van der Waals surface area contributed by atoms with Crippen molar-refractivity contribution in [2.45, 2.75) is 32.4 Å². The Morgan fingerprint density at radius 3 is 3.00 bits per heavy atom. The van der Waals surface area contributed by atoms with Crippen LogP contribution in [0.4, 0.5) is 5.69 Å². The van der Waals surface area contributed by atoms with Gasteiger partial charge in [-0.15, -0.1) is 22.7 Å². The van der Waals surface area contributed by atoms with Gasteiger partial charge in [0.25, 0.3) is 0 Å². The number of hydrogen-bond acceptors (Lipinski definition) is 6. The molecule has 0 aliphatic heterocycles. The highest BCUT2D eigenvalue weighted by molar-refractivity contribution is 9.10. The number of aromatic nitrogens is 2. The molecule has 0 saturated heterocycles. The molecule has 8 heteroatoms. The molecule has 122 valence electrons. The zero-order chi connectivity index (χ0) is 16.4. The third kappa shape index (κ3) is 3.85. The molecule has 0 aliphatic carbocycles. The Bertz CT molecular complexity index is 804. The Morgan fingerprint density at radius 1 is 1.48 bits per heavy atom. The van der Waals surface area contributed by atoms with Crippen LogP contribution in [0, 0.1) is 0 Å². The normalized spacial score (nSPS) is 12.7. The van der Waals surface area contributed by atoms with Gasteiger partial charge in [-0.1, -0.05) is 18.5 Å². The Hall–Kier alpha value is -0.730. The average molecular weight is 432 g/mol. The summed E-state index contributed by atoms with van der Waals surface area (Å²) in [5, 5.41) is 6.90. The van der Waals surface area contributed by atoms with Crippen LogP contribution < -0.4 is 11.1 Å². The monoisotopic (exact) mass is 430 g/mol. The van der Waals surface area contributed by atoms with E-state index in [9.17, 15) is 0 Å². The van der Waals surface area contributed by atoms with E-state index in [2.05, 4.69) is 38.1 Å². The summed E-state index contributed by atoms with van der Waals surface area (Å²) in [6, 6.07) is 2.02. The summed E-state index contributed by atoms with van der Waals surface area (Å²) in [5.74, 6) is 0. The number of anilines is 1. The molecule has 0 unspecified atom stereocenters. The molecule has 3 heterocycles. The molecule has 0 aliphatic rings. The van der Waals surface area contributed by atoms with E-state index >= 15 is 0 Å². The number of halogens is 2. The largest absolute Gasteiger partial charge is 0.377 e. The first kappa shape index (κ1) is 17.1. The number of nitrogens with one attached hydrogen (secondary N) is 1. The van der Waals surface area contributed by atoms with Gasteiger partial charge < -0.3 is 11.1 Å². The lowest BCUT2D eigenvalue weighted by Crippen LogP contribution is -2.20. The average Bonchev–Trinajstić information content (AvgIpc) is 3.15. The SMILES string of the molecule is CC[C@H](N)Cc1sc2c(NCc3nccs3)cc(Cl)nc2c1Br. The van der Waals surface area contributed by atoms with E-state index in [0.29, 0.717) is 11.7 Å². The summed E-state index contributed by atoms with van der Waals surface area (Å²) < 4.78 is 2.09. The van der Waals surface area contributed by atoms with Gasteiger partial charge in [-0.25, -0.2) is 9.97 Å². The number of pyridine rings is 1. The summed E-state index contributed by atoms with van der Waals surface area (Å²) in [5.41, 5.74) is 7.98. The maximum Gasteiger partial charge on any atom is 0.131 e. The van der Waals surface area contributed by atoms with Crippen LogP contribution in [0.5, 0.6) is 0 Å². The van der Waals surface area contributed by atoms with Crippen molar-refractivity contribution in [3.63, 3.8) is 0 Å². The summed E-state index contributed by atoms with van der Waals surface area (Å²) in [7, 11) is 0. The molecule has 0 aromatic carbocycles. The lowest BCUT2D eigenvalue weighted by atomic mass is 10.1. The van der Waals surface area contributed by atoms with Crippen LogP contribution in [0.25, 0.3) is 10.2 Å². The van der Waals surface area contributed by atoms with Gasteiger partial charge in [-0.2, -0.15) is 0 Å². The topological polar surface area (TPSA) is 63.8 Å². The van der Waals surface area contributed by atoms with Gasteiger partial charge >= 0.3 is 0 Å². The van der Waals surface area contributed by atoms with Crippen molar-refractivity contribution in [2.24, 2.45) is 5.73 Å². The number of hydrogen-bond donors (Lipinski definition) is 2. The number of fused-ring (bicyclic) bond motifs is 1. The van der Waals surface area contributed by atoms with Crippen molar-refractivity contribution < 1.29 is 0 Å². The number of rotatable bonds is 6. The first-order chi connectivity index (χ1) is 11.1. The number of nitrogens with zero attached hydrogens (tertiary/aromatic N) is 2. The van der Waals surface area contributed by atoms with Crippen molar-refractivity contribution in [1.82, 2.24) is 9.97 Å². The molecule has 4 nitrogen and oxygen atoms in total. The van der Waals surface area contributed by atoms with Gasteiger partial charge in [0.2, 0.25) is 0 Å². The molecule has 1 atom stereocenters. The summed E-state index contributed by atoms with van der Waals surface area (Å²) in [6.45, 7) is 2.77. The standard InChI is InChI=1S/C15H16BrClN4S2/c1-2-8(18)5-10-13(16)14-15(23-10)9(6-11(17)21-14)20-7-12-19-3-4-22-12/h3-4,6,8H,2,5,7,18H2,1H3,(H,20,21)/t8-/m0/s1. The molecule has 0 amide bonds. The Balaban J connectivity index is 1.95. The lowest BCUT2D eigenvalue weighted by Gasteiger charge is -2.06. The molecule has 0 radical (unpaired) electrons. The molecule has 0 fully saturated rings. The fourth-order valence-electron chi connectivity index (χ4n) is 2.21. The first-order valence-electron chi connectivity index (χ1n) is 7.23. The molecular formula is C15H16BrClN4S2. The Kier molecular flexibility index (Phi) is 5.53. The van der Waals surface area contributed by atoms with Gasteiger partial charge in [0.1, 0.15) is 10.2 Å². The highest BCUT2D eigenvalue weighted by atomic mass is 79.9.